The van der Waals surface area contributed by atoms with Crippen LogP contribution in [0.15, 0.2) is 60.7 Å². The van der Waals surface area contributed by atoms with Crippen LogP contribution >= 0.6 is 23.2 Å². The first kappa shape index (κ1) is 13.8. The minimum atomic E-state index is -0.0257. The Morgan fingerprint density at radius 1 is 0.882 bits per heavy atom. The van der Waals surface area contributed by atoms with Crippen LogP contribution in [0.3, 0.4) is 0 Å². The quantitative estimate of drug-likeness (QED) is 0.580. The van der Waals surface area contributed by atoms with Gasteiger partial charge in [-0.15, -0.1) is 11.6 Å². The molecule has 0 aliphatic carbocycles. The zero-order chi connectivity index (χ0) is 12.5. The molecule has 0 atom stereocenters. The minimum Gasteiger partial charge on any atom is -0.293 e. The molecule has 0 aliphatic heterocycles. The van der Waals surface area contributed by atoms with Crippen LogP contribution in [0.5, 0.6) is 0 Å². The van der Waals surface area contributed by atoms with Crippen LogP contribution in [0.25, 0.3) is 0 Å². The second-order valence-corrected chi connectivity index (χ2v) is 3.92. The van der Waals surface area contributed by atoms with E-state index >= 15 is 0 Å². The molecule has 0 aromatic heterocycles. The Morgan fingerprint density at radius 2 is 1.35 bits per heavy atom. The van der Waals surface area contributed by atoms with Crippen LogP contribution < -0.4 is 0 Å². The molecular formula is C14H12Cl2O. The molecule has 0 unspecified atom stereocenters. The molecule has 0 bridgehead atoms. The molecule has 1 nitrogen and oxygen atoms in total. The van der Waals surface area contributed by atoms with Crippen LogP contribution in [-0.2, 0) is 0 Å². The zero-order valence-corrected chi connectivity index (χ0v) is 10.7. The van der Waals surface area contributed by atoms with Gasteiger partial charge in [0.15, 0.2) is 5.78 Å². The molecule has 88 valence electrons. The maximum Gasteiger partial charge on any atom is 0.177 e. The van der Waals surface area contributed by atoms with Gasteiger partial charge in [-0.05, 0) is 12.1 Å². The highest BCUT2D eigenvalue weighted by atomic mass is 35.5. The molecule has 0 saturated carbocycles. The van der Waals surface area contributed by atoms with Crippen molar-refractivity contribution in [3.05, 3.63) is 71.2 Å². The third-order valence-electron chi connectivity index (χ3n) is 1.95. The summed E-state index contributed by atoms with van der Waals surface area (Å²) in [6.45, 7) is 0. The van der Waals surface area contributed by atoms with Crippen molar-refractivity contribution >= 4 is 29.0 Å². The molecule has 0 fully saturated rings. The van der Waals surface area contributed by atoms with Crippen molar-refractivity contribution in [2.75, 3.05) is 5.88 Å². The van der Waals surface area contributed by atoms with E-state index in [2.05, 4.69) is 0 Å². The summed E-state index contributed by atoms with van der Waals surface area (Å²) in [7, 11) is 0. The predicted octanol–water partition coefficient (Wildman–Crippen LogP) is 4.45. The molecule has 0 aliphatic rings. The molecular weight excluding hydrogens is 255 g/mol. The lowest BCUT2D eigenvalue weighted by molar-refractivity contribution is 0.102. The molecule has 2 aromatic carbocycles. The third kappa shape index (κ3) is 5.53. The first-order chi connectivity index (χ1) is 8.24. The predicted molar refractivity (Wildman–Crippen MR) is 72.9 cm³/mol. The average Bonchev–Trinajstić information content (AvgIpc) is 2.40. The third-order valence-corrected chi connectivity index (χ3v) is 2.44. The fourth-order valence-corrected chi connectivity index (χ4v) is 1.42. The number of benzene rings is 2. The Labute approximate surface area is 111 Å². The molecule has 2 aromatic rings. The molecule has 0 N–H and O–H groups in total. The SMILES string of the molecule is Clc1ccccc1.O=C(CCl)c1ccccc1. The topological polar surface area (TPSA) is 17.1 Å². The molecule has 0 saturated heterocycles. The molecule has 0 amide bonds. The maximum absolute atomic E-state index is 10.9. The Balaban J connectivity index is 0.000000181. The molecule has 0 radical (unpaired) electrons. The van der Waals surface area contributed by atoms with Crippen LogP contribution in [0, 0.1) is 0 Å². The van der Waals surface area contributed by atoms with E-state index in [1.807, 2.05) is 48.5 Å². The van der Waals surface area contributed by atoms with Crippen molar-refractivity contribution in [2.24, 2.45) is 0 Å². The minimum absolute atomic E-state index is 0.0257. The van der Waals surface area contributed by atoms with Gasteiger partial charge in [0.05, 0.1) is 5.88 Å². The maximum atomic E-state index is 10.9. The lowest BCUT2D eigenvalue weighted by Gasteiger charge is -1.92. The highest BCUT2D eigenvalue weighted by Gasteiger charge is 1.99. The highest BCUT2D eigenvalue weighted by Crippen LogP contribution is 2.03. The van der Waals surface area contributed by atoms with E-state index in [1.54, 1.807) is 12.1 Å². The Bertz CT molecular complexity index is 440. The van der Waals surface area contributed by atoms with Crippen molar-refractivity contribution < 1.29 is 4.79 Å². The Hall–Kier alpha value is -1.31. The smallest absolute Gasteiger partial charge is 0.177 e. The van der Waals surface area contributed by atoms with Gasteiger partial charge in [-0.3, -0.25) is 4.79 Å². The van der Waals surface area contributed by atoms with E-state index in [-0.39, 0.29) is 11.7 Å². The van der Waals surface area contributed by atoms with Gasteiger partial charge >= 0.3 is 0 Å². The van der Waals surface area contributed by atoms with Crippen molar-refractivity contribution in [1.82, 2.24) is 0 Å². The Morgan fingerprint density at radius 3 is 1.71 bits per heavy atom. The van der Waals surface area contributed by atoms with Gasteiger partial charge in [0, 0.05) is 10.6 Å². The van der Waals surface area contributed by atoms with Crippen LogP contribution in [-0.4, -0.2) is 11.7 Å². The van der Waals surface area contributed by atoms with Gasteiger partial charge in [-0.2, -0.15) is 0 Å². The fourth-order valence-electron chi connectivity index (χ4n) is 1.12. The van der Waals surface area contributed by atoms with E-state index in [4.69, 9.17) is 23.2 Å². The largest absolute Gasteiger partial charge is 0.293 e. The highest BCUT2D eigenvalue weighted by molar-refractivity contribution is 6.30. The monoisotopic (exact) mass is 266 g/mol. The lowest BCUT2D eigenvalue weighted by Crippen LogP contribution is -1.98. The number of alkyl halides is 1. The summed E-state index contributed by atoms with van der Waals surface area (Å²) in [6, 6.07) is 18.5. The van der Waals surface area contributed by atoms with Gasteiger partial charge in [-0.1, -0.05) is 60.1 Å². The van der Waals surface area contributed by atoms with Crippen molar-refractivity contribution in [1.29, 1.82) is 0 Å². The van der Waals surface area contributed by atoms with E-state index in [1.165, 1.54) is 0 Å². The van der Waals surface area contributed by atoms with Crippen molar-refractivity contribution in [3.63, 3.8) is 0 Å². The molecule has 0 heterocycles. The Kier molecular flexibility index (Phi) is 6.38. The van der Waals surface area contributed by atoms with Crippen LogP contribution in [0.4, 0.5) is 0 Å². The second kappa shape index (κ2) is 7.88. The van der Waals surface area contributed by atoms with Gasteiger partial charge in [0.2, 0.25) is 0 Å². The summed E-state index contributed by atoms with van der Waals surface area (Å²) in [5, 5.41) is 0.794. The molecule has 3 heteroatoms. The van der Waals surface area contributed by atoms with Gasteiger partial charge in [-0.25, -0.2) is 0 Å². The number of hydrogen-bond donors (Lipinski definition) is 0. The number of ketones is 1. The van der Waals surface area contributed by atoms with Crippen LogP contribution in [0.2, 0.25) is 5.02 Å². The summed E-state index contributed by atoms with van der Waals surface area (Å²) < 4.78 is 0. The molecule has 0 spiro atoms. The van der Waals surface area contributed by atoms with E-state index < -0.39 is 0 Å². The normalized spacial score (nSPS) is 9.06. The summed E-state index contributed by atoms with van der Waals surface area (Å²) in [5.41, 5.74) is 0.678. The van der Waals surface area contributed by atoms with Gasteiger partial charge < -0.3 is 0 Å². The van der Waals surface area contributed by atoms with Crippen molar-refractivity contribution in [2.45, 2.75) is 0 Å². The van der Waals surface area contributed by atoms with Gasteiger partial charge in [0.25, 0.3) is 0 Å². The van der Waals surface area contributed by atoms with Crippen LogP contribution in [0.1, 0.15) is 10.4 Å². The number of halogens is 2. The summed E-state index contributed by atoms with van der Waals surface area (Å²) >= 11 is 10.9. The first-order valence-corrected chi connectivity index (χ1v) is 6.00. The van der Waals surface area contributed by atoms with E-state index in [0.29, 0.717) is 5.56 Å². The summed E-state index contributed by atoms with van der Waals surface area (Å²) in [4.78, 5) is 10.9. The number of hydrogen-bond acceptors (Lipinski definition) is 1. The molecule has 2 rings (SSSR count). The van der Waals surface area contributed by atoms with Gasteiger partial charge in [0.1, 0.15) is 0 Å². The van der Waals surface area contributed by atoms with Crippen molar-refractivity contribution in [3.8, 4) is 0 Å². The number of carbonyl (C=O) groups is 1. The molecule has 17 heavy (non-hydrogen) atoms. The fraction of sp³-hybridized carbons (Fsp3) is 0.0714. The van der Waals surface area contributed by atoms with E-state index in [0.717, 1.165) is 5.02 Å². The van der Waals surface area contributed by atoms with E-state index in [9.17, 15) is 4.79 Å². The summed E-state index contributed by atoms with van der Waals surface area (Å²) in [5.74, 6) is 0.0339. The average molecular weight is 267 g/mol. The summed E-state index contributed by atoms with van der Waals surface area (Å²) in [6.07, 6.45) is 0. The second-order valence-electron chi connectivity index (χ2n) is 3.22. The first-order valence-electron chi connectivity index (χ1n) is 5.09. The zero-order valence-electron chi connectivity index (χ0n) is 9.14. The lowest BCUT2D eigenvalue weighted by atomic mass is 10.2. The number of carbonyl (C=O) groups excluding carboxylic acids is 1. The standard InChI is InChI=1S/C8H7ClO.C6H5Cl/c9-6-8(10)7-4-2-1-3-5-7;7-6-4-2-1-3-5-6/h1-5H,6H2;1-5H. The number of rotatable bonds is 2. The number of Topliss-reactive ketones (excluding diaryl/α,β-unsaturated/α-hetero) is 1.